The van der Waals surface area contributed by atoms with Crippen LogP contribution < -0.4 is 10.6 Å². The lowest BCUT2D eigenvalue weighted by molar-refractivity contribution is -0.143. The largest absolute Gasteiger partial charge is 0.468 e. The Morgan fingerprint density at radius 1 is 0.875 bits per heavy atom. The second kappa shape index (κ2) is 13.3. The summed E-state index contributed by atoms with van der Waals surface area (Å²) in [5, 5.41) is 5.66. The molecule has 32 heavy (non-hydrogen) atoms. The molecule has 0 aromatic heterocycles. The van der Waals surface area contributed by atoms with Crippen molar-refractivity contribution in [1.82, 2.24) is 10.6 Å². The molecule has 7 nitrogen and oxygen atoms in total. The Labute approximate surface area is 189 Å². The summed E-state index contributed by atoms with van der Waals surface area (Å²) >= 11 is 0. The van der Waals surface area contributed by atoms with E-state index in [1.807, 2.05) is 74.5 Å². The maximum atomic E-state index is 13.0. The van der Waals surface area contributed by atoms with Gasteiger partial charge >= 0.3 is 12.1 Å². The molecular formula is C25H32N2O5. The Hall–Kier alpha value is -3.19. The summed E-state index contributed by atoms with van der Waals surface area (Å²) in [5.41, 5.74) is 1.76. The molecule has 2 N–H and O–H groups in total. The van der Waals surface area contributed by atoms with E-state index in [1.54, 1.807) is 0 Å². The van der Waals surface area contributed by atoms with E-state index in [9.17, 15) is 14.4 Å². The standard InChI is InChI=1S/C25H32N2O5/c1-18(2)14-22(24(29)31-3)26-16-23(28)21(15-19-10-6-4-7-11-19)27-25(30)32-17-20-12-8-5-9-13-20/h4-13,18,21-22,26H,14-17H2,1-3H3,(H,27,30). The van der Waals surface area contributed by atoms with Crippen molar-refractivity contribution in [2.75, 3.05) is 13.7 Å². The number of benzene rings is 2. The van der Waals surface area contributed by atoms with Gasteiger partial charge in [-0.25, -0.2) is 4.79 Å². The van der Waals surface area contributed by atoms with Crippen LogP contribution in [0.25, 0.3) is 0 Å². The van der Waals surface area contributed by atoms with Gasteiger partial charge in [-0.1, -0.05) is 74.5 Å². The van der Waals surface area contributed by atoms with Gasteiger partial charge in [0.05, 0.1) is 19.7 Å². The number of nitrogens with one attached hydrogen (secondary N) is 2. The maximum Gasteiger partial charge on any atom is 0.408 e. The summed E-state index contributed by atoms with van der Waals surface area (Å²) in [6.07, 6.45) is 0.180. The van der Waals surface area contributed by atoms with Crippen LogP contribution >= 0.6 is 0 Å². The summed E-state index contributed by atoms with van der Waals surface area (Å²) in [4.78, 5) is 37.4. The third-order valence-corrected chi connectivity index (χ3v) is 4.89. The molecule has 0 fully saturated rings. The number of rotatable bonds is 12. The van der Waals surface area contributed by atoms with Crippen molar-refractivity contribution in [2.24, 2.45) is 5.92 Å². The summed E-state index contributed by atoms with van der Waals surface area (Å²) in [7, 11) is 1.32. The van der Waals surface area contributed by atoms with Crippen LogP contribution in [0.15, 0.2) is 60.7 Å². The Bertz CT molecular complexity index is 855. The molecule has 172 valence electrons. The van der Waals surface area contributed by atoms with Gasteiger partial charge in [0.15, 0.2) is 5.78 Å². The third kappa shape index (κ3) is 8.89. The smallest absolute Gasteiger partial charge is 0.408 e. The van der Waals surface area contributed by atoms with Crippen molar-refractivity contribution < 1.29 is 23.9 Å². The first-order chi connectivity index (χ1) is 15.4. The van der Waals surface area contributed by atoms with E-state index in [-0.39, 0.29) is 24.9 Å². The quantitative estimate of drug-likeness (QED) is 0.492. The van der Waals surface area contributed by atoms with Gasteiger partial charge in [-0.05, 0) is 29.9 Å². The highest BCUT2D eigenvalue weighted by Gasteiger charge is 2.25. The molecule has 0 aliphatic rings. The van der Waals surface area contributed by atoms with E-state index >= 15 is 0 Å². The van der Waals surface area contributed by atoms with Crippen LogP contribution in [0.4, 0.5) is 4.79 Å². The molecule has 0 aliphatic carbocycles. The average Bonchev–Trinajstić information content (AvgIpc) is 2.80. The molecule has 7 heteroatoms. The van der Waals surface area contributed by atoms with E-state index in [0.29, 0.717) is 12.8 Å². The fraction of sp³-hybridized carbons (Fsp3) is 0.400. The minimum Gasteiger partial charge on any atom is -0.468 e. The number of ketones is 1. The number of esters is 1. The predicted molar refractivity (Wildman–Crippen MR) is 122 cm³/mol. The number of Topliss-reactive ketones (excluding diaryl/α,β-unsaturated/α-hetero) is 1. The highest BCUT2D eigenvalue weighted by Crippen LogP contribution is 2.08. The maximum absolute atomic E-state index is 13.0. The molecule has 2 aromatic carbocycles. The Morgan fingerprint density at radius 2 is 1.47 bits per heavy atom. The second-order valence-electron chi connectivity index (χ2n) is 8.00. The number of carbonyl (C=O) groups is 3. The van der Waals surface area contributed by atoms with Crippen LogP contribution in [0, 0.1) is 5.92 Å². The summed E-state index contributed by atoms with van der Waals surface area (Å²) in [6.45, 7) is 4.00. The van der Waals surface area contributed by atoms with E-state index in [1.165, 1.54) is 7.11 Å². The Kier molecular flexibility index (Phi) is 10.4. The van der Waals surface area contributed by atoms with E-state index in [0.717, 1.165) is 11.1 Å². The Morgan fingerprint density at radius 3 is 2.03 bits per heavy atom. The topological polar surface area (TPSA) is 93.7 Å². The molecular weight excluding hydrogens is 408 g/mol. The highest BCUT2D eigenvalue weighted by atomic mass is 16.5. The normalized spacial score (nSPS) is 12.6. The Balaban J connectivity index is 2.01. The number of hydrogen-bond donors (Lipinski definition) is 2. The molecule has 0 spiro atoms. The predicted octanol–water partition coefficient (Wildman–Crippen LogP) is 3.27. The first-order valence-electron chi connectivity index (χ1n) is 10.7. The zero-order chi connectivity index (χ0) is 23.3. The molecule has 0 radical (unpaired) electrons. The zero-order valence-corrected chi connectivity index (χ0v) is 18.9. The van der Waals surface area contributed by atoms with Crippen molar-refractivity contribution in [2.45, 2.75) is 45.4 Å². The van der Waals surface area contributed by atoms with E-state index in [4.69, 9.17) is 9.47 Å². The average molecular weight is 441 g/mol. The van der Waals surface area contributed by atoms with Gasteiger partial charge in [-0.15, -0.1) is 0 Å². The van der Waals surface area contributed by atoms with Crippen LogP contribution in [-0.2, 0) is 32.1 Å². The number of hydrogen-bond acceptors (Lipinski definition) is 6. The van der Waals surface area contributed by atoms with Gasteiger partial charge in [-0.3, -0.25) is 14.9 Å². The van der Waals surface area contributed by atoms with Crippen LogP contribution in [0.1, 0.15) is 31.4 Å². The lowest BCUT2D eigenvalue weighted by atomic mass is 10.0. The lowest BCUT2D eigenvalue weighted by Crippen LogP contribution is -2.49. The molecule has 0 saturated carbocycles. The van der Waals surface area contributed by atoms with Gasteiger partial charge in [0.2, 0.25) is 0 Å². The van der Waals surface area contributed by atoms with Crippen molar-refractivity contribution in [3.8, 4) is 0 Å². The molecule has 0 saturated heterocycles. The number of alkyl carbamates (subject to hydrolysis) is 1. The van der Waals surface area contributed by atoms with E-state index in [2.05, 4.69) is 10.6 Å². The summed E-state index contributed by atoms with van der Waals surface area (Å²) in [5.74, 6) is -0.419. The molecule has 2 atom stereocenters. The number of amides is 1. The second-order valence-corrected chi connectivity index (χ2v) is 8.00. The lowest BCUT2D eigenvalue weighted by Gasteiger charge is -2.21. The number of methoxy groups -OCH3 is 1. The molecule has 2 rings (SSSR count). The first-order valence-corrected chi connectivity index (χ1v) is 10.7. The highest BCUT2D eigenvalue weighted by molar-refractivity contribution is 5.89. The minimum atomic E-state index is -0.800. The van der Waals surface area contributed by atoms with Gasteiger partial charge in [-0.2, -0.15) is 0 Å². The van der Waals surface area contributed by atoms with E-state index < -0.39 is 24.1 Å². The van der Waals surface area contributed by atoms with Crippen LogP contribution in [0.2, 0.25) is 0 Å². The molecule has 2 aromatic rings. The van der Waals surface area contributed by atoms with Crippen LogP contribution in [0.5, 0.6) is 0 Å². The van der Waals surface area contributed by atoms with Gasteiger partial charge in [0.25, 0.3) is 0 Å². The molecule has 1 amide bonds. The molecule has 0 bridgehead atoms. The fourth-order valence-corrected chi connectivity index (χ4v) is 3.23. The van der Waals surface area contributed by atoms with Crippen LogP contribution in [-0.4, -0.2) is 43.6 Å². The van der Waals surface area contributed by atoms with Gasteiger partial charge in [0.1, 0.15) is 12.6 Å². The van der Waals surface area contributed by atoms with Crippen molar-refractivity contribution >= 4 is 17.8 Å². The van der Waals surface area contributed by atoms with Crippen molar-refractivity contribution in [1.29, 1.82) is 0 Å². The van der Waals surface area contributed by atoms with Gasteiger partial charge in [0, 0.05) is 0 Å². The van der Waals surface area contributed by atoms with Crippen LogP contribution in [0.3, 0.4) is 0 Å². The zero-order valence-electron chi connectivity index (χ0n) is 18.9. The molecule has 0 heterocycles. The van der Waals surface area contributed by atoms with Crippen molar-refractivity contribution in [3.63, 3.8) is 0 Å². The monoisotopic (exact) mass is 440 g/mol. The van der Waals surface area contributed by atoms with Crippen molar-refractivity contribution in [3.05, 3.63) is 71.8 Å². The summed E-state index contributed by atoms with van der Waals surface area (Å²) < 4.78 is 10.1. The van der Waals surface area contributed by atoms with Gasteiger partial charge < -0.3 is 14.8 Å². The molecule has 2 unspecified atom stereocenters. The number of ether oxygens (including phenoxy) is 2. The fourth-order valence-electron chi connectivity index (χ4n) is 3.23. The third-order valence-electron chi connectivity index (χ3n) is 4.89. The molecule has 0 aliphatic heterocycles. The summed E-state index contributed by atoms with van der Waals surface area (Å²) in [6, 6.07) is 17.3. The first kappa shape index (κ1) is 25.1. The number of carbonyl (C=O) groups excluding carboxylic acids is 3. The SMILES string of the molecule is COC(=O)C(CC(C)C)NCC(=O)C(Cc1ccccc1)NC(=O)OCc1ccccc1. The minimum absolute atomic E-state index is 0.0804.